The Bertz CT molecular complexity index is 738. The highest BCUT2D eigenvalue weighted by atomic mass is 16.5. The third kappa shape index (κ3) is 6.17. The first-order chi connectivity index (χ1) is 13.0. The van der Waals surface area contributed by atoms with Gasteiger partial charge in [-0.05, 0) is 42.5 Å². The van der Waals surface area contributed by atoms with Gasteiger partial charge in [0.25, 0.3) is 5.91 Å². The van der Waals surface area contributed by atoms with Crippen LogP contribution in [0.15, 0.2) is 60.9 Å². The zero-order valence-electron chi connectivity index (χ0n) is 16.3. The van der Waals surface area contributed by atoms with E-state index in [2.05, 4.69) is 19.2 Å². The van der Waals surface area contributed by atoms with E-state index in [-0.39, 0.29) is 17.5 Å². The summed E-state index contributed by atoms with van der Waals surface area (Å²) in [4.78, 5) is 12.6. The lowest BCUT2D eigenvalue weighted by atomic mass is 10.0. The molecule has 27 heavy (non-hydrogen) atoms. The molecule has 0 aliphatic carbocycles. The van der Waals surface area contributed by atoms with E-state index in [9.17, 15) is 9.90 Å². The number of nitrogens with one attached hydrogen (secondary N) is 1. The Morgan fingerprint density at radius 1 is 1.11 bits per heavy atom. The van der Waals surface area contributed by atoms with Crippen LogP contribution >= 0.6 is 0 Å². The molecule has 4 heteroatoms. The summed E-state index contributed by atoms with van der Waals surface area (Å²) < 4.78 is 5.79. The van der Waals surface area contributed by atoms with E-state index in [0.29, 0.717) is 18.1 Å². The first kappa shape index (κ1) is 20.6. The molecule has 0 saturated carbocycles. The average Bonchev–Trinajstić information content (AvgIpc) is 2.69. The van der Waals surface area contributed by atoms with Crippen molar-refractivity contribution < 1.29 is 14.6 Å². The van der Waals surface area contributed by atoms with Gasteiger partial charge in [-0.1, -0.05) is 62.7 Å². The normalized spacial score (nSPS) is 13.7. The number of amides is 1. The van der Waals surface area contributed by atoms with Gasteiger partial charge in [-0.25, -0.2) is 0 Å². The fourth-order valence-electron chi connectivity index (χ4n) is 2.91. The van der Waals surface area contributed by atoms with Gasteiger partial charge in [0.05, 0.1) is 24.5 Å². The fraction of sp³-hybridized carbons (Fsp3) is 0.348. The highest BCUT2D eigenvalue weighted by Gasteiger charge is 2.16. The maximum Gasteiger partial charge on any atom is 0.255 e. The minimum absolute atomic E-state index is 0.156. The Morgan fingerprint density at radius 2 is 1.78 bits per heavy atom. The maximum atomic E-state index is 12.6. The molecular weight excluding hydrogens is 338 g/mol. The summed E-state index contributed by atoms with van der Waals surface area (Å²) in [5.41, 5.74) is 1.88. The molecule has 2 aromatic rings. The number of ether oxygens (including phenoxy) is 1. The molecule has 0 fully saturated rings. The molecule has 0 aliphatic rings. The molecule has 2 atom stereocenters. The fourth-order valence-corrected chi connectivity index (χ4v) is 2.91. The van der Waals surface area contributed by atoms with Crippen LogP contribution < -0.4 is 10.1 Å². The Labute approximate surface area is 161 Å². The predicted molar refractivity (Wildman–Crippen MR) is 110 cm³/mol. The Hall–Kier alpha value is -2.75. The van der Waals surface area contributed by atoms with Crippen LogP contribution in [0.2, 0.25) is 0 Å². The summed E-state index contributed by atoms with van der Waals surface area (Å²) in [6.07, 6.45) is 3.13. The molecule has 0 saturated heterocycles. The van der Waals surface area contributed by atoms with Gasteiger partial charge < -0.3 is 15.2 Å². The second-order valence-corrected chi connectivity index (χ2v) is 6.88. The molecule has 2 rings (SSSR count). The van der Waals surface area contributed by atoms with Crippen molar-refractivity contribution in [1.29, 1.82) is 0 Å². The summed E-state index contributed by atoms with van der Waals surface area (Å²) in [7, 11) is 0. The smallest absolute Gasteiger partial charge is 0.255 e. The van der Waals surface area contributed by atoms with E-state index in [1.807, 2.05) is 49.4 Å². The number of aliphatic hydroxyl groups is 1. The van der Waals surface area contributed by atoms with E-state index in [1.165, 1.54) is 0 Å². The highest BCUT2D eigenvalue weighted by Crippen LogP contribution is 2.21. The molecule has 0 bridgehead atoms. The Kier molecular flexibility index (Phi) is 7.93. The van der Waals surface area contributed by atoms with Gasteiger partial charge in [0, 0.05) is 0 Å². The van der Waals surface area contributed by atoms with Gasteiger partial charge in [0.2, 0.25) is 0 Å². The second kappa shape index (κ2) is 10.4. The summed E-state index contributed by atoms with van der Waals surface area (Å²) >= 11 is 0. The molecule has 4 nitrogen and oxygen atoms in total. The molecule has 0 radical (unpaired) electrons. The topological polar surface area (TPSA) is 58.6 Å². The third-order valence-corrected chi connectivity index (χ3v) is 4.50. The second-order valence-electron chi connectivity index (χ2n) is 6.88. The van der Waals surface area contributed by atoms with Crippen molar-refractivity contribution in [2.45, 2.75) is 39.7 Å². The molecule has 2 aromatic carbocycles. The Balaban J connectivity index is 1.99. The van der Waals surface area contributed by atoms with Crippen molar-refractivity contribution in [3.05, 3.63) is 72.0 Å². The number of carbonyl (C=O) groups excluding carboxylic acids is 1. The number of hydrogen-bond acceptors (Lipinski definition) is 3. The van der Waals surface area contributed by atoms with E-state index in [0.717, 1.165) is 30.4 Å². The van der Waals surface area contributed by atoms with Gasteiger partial charge in [-0.15, -0.1) is 0 Å². The largest absolute Gasteiger partial charge is 0.515 e. The molecular formula is C23H29NO3. The minimum atomic E-state index is -0.320. The van der Waals surface area contributed by atoms with Crippen LogP contribution in [0.3, 0.4) is 0 Å². The van der Waals surface area contributed by atoms with E-state index < -0.39 is 0 Å². The van der Waals surface area contributed by atoms with Crippen molar-refractivity contribution in [1.82, 2.24) is 5.32 Å². The van der Waals surface area contributed by atoms with E-state index in [4.69, 9.17) is 4.74 Å². The van der Waals surface area contributed by atoms with Gasteiger partial charge in [0.15, 0.2) is 0 Å². The van der Waals surface area contributed by atoms with Crippen LogP contribution in [0.4, 0.5) is 0 Å². The van der Waals surface area contributed by atoms with Crippen molar-refractivity contribution in [2.24, 2.45) is 5.92 Å². The van der Waals surface area contributed by atoms with Crippen LogP contribution in [0, 0.1) is 5.92 Å². The zero-order valence-corrected chi connectivity index (χ0v) is 16.3. The summed E-state index contributed by atoms with van der Waals surface area (Å²) in [6, 6.07) is 16.8. The van der Waals surface area contributed by atoms with Crippen LogP contribution in [0.5, 0.6) is 5.75 Å². The van der Waals surface area contributed by atoms with Crippen molar-refractivity contribution in [3.8, 4) is 5.75 Å². The number of aliphatic hydroxyl groups excluding tert-OH is 1. The molecule has 0 aromatic heterocycles. The number of rotatable bonds is 9. The summed E-state index contributed by atoms with van der Waals surface area (Å²) in [5, 5.41) is 12.5. The SMILES string of the molecule is CCCC(C)COc1ccc(C(=CO)C(=O)N[C@@H](C)c2ccccc2)cc1. The molecule has 0 heterocycles. The highest BCUT2D eigenvalue weighted by molar-refractivity contribution is 6.19. The quantitative estimate of drug-likeness (QED) is 0.468. The van der Waals surface area contributed by atoms with Crippen LogP contribution in [-0.2, 0) is 4.79 Å². The van der Waals surface area contributed by atoms with Crippen LogP contribution in [0.1, 0.15) is 50.8 Å². The van der Waals surface area contributed by atoms with Gasteiger partial charge in [-0.3, -0.25) is 4.79 Å². The molecule has 1 unspecified atom stereocenters. The van der Waals surface area contributed by atoms with E-state index >= 15 is 0 Å². The summed E-state index contributed by atoms with van der Waals surface area (Å²) in [5.74, 6) is 0.948. The van der Waals surface area contributed by atoms with Crippen molar-refractivity contribution in [2.75, 3.05) is 6.61 Å². The van der Waals surface area contributed by atoms with Crippen molar-refractivity contribution >= 4 is 11.5 Å². The minimum Gasteiger partial charge on any atom is -0.515 e. The lowest BCUT2D eigenvalue weighted by Gasteiger charge is -2.16. The maximum absolute atomic E-state index is 12.6. The van der Waals surface area contributed by atoms with Crippen molar-refractivity contribution in [3.63, 3.8) is 0 Å². The molecule has 0 spiro atoms. The lowest BCUT2D eigenvalue weighted by Crippen LogP contribution is -2.27. The standard InChI is InChI=1S/C23H29NO3/c1-4-8-17(2)16-27-21-13-11-20(12-14-21)22(15-25)23(26)24-18(3)19-9-6-5-7-10-19/h5-7,9-15,17-18,25H,4,8,16H2,1-3H3,(H,24,26)/t17?,18-/m0/s1. The summed E-state index contributed by atoms with van der Waals surface area (Å²) in [6.45, 7) is 6.92. The zero-order chi connectivity index (χ0) is 19.6. The van der Waals surface area contributed by atoms with Crippen LogP contribution in [-0.4, -0.2) is 17.6 Å². The van der Waals surface area contributed by atoms with E-state index in [1.54, 1.807) is 12.1 Å². The van der Waals surface area contributed by atoms with Gasteiger partial charge in [0.1, 0.15) is 5.75 Å². The molecule has 144 valence electrons. The first-order valence-corrected chi connectivity index (χ1v) is 9.48. The lowest BCUT2D eigenvalue weighted by molar-refractivity contribution is -0.116. The van der Waals surface area contributed by atoms with Gasteiger partial charge in [-0.2, -0.15) is 0 Å². The average molecular weight is 367 g/mol. The molecule has 0 aliphatic heterocycles. The first-order valence-electron chi connectivity index (χ1n) is 9.48. The Morgan fingerprint density at radius 3 is 2.37 bits per heavy atom. The van der Waals surface area contributed by atoms with Crippen LogP contribution in [0.25, 0.3) is 5.57 Å². The third-order valence-electron chi connectivity index (χ3n) is 4.50. The predicted octanol–water partition coefficient (Wildman–Crippen LogP) is 5.28. The monoisotopic (exact) mass is 367 g/mol. The molecule has 1 amide bonds. The number of carbonyl (C=O) groups is 1. The number of hydrogen-bond donors (Lipinski definition) is 2. The number of benzene rings is 2. The van der Waals surface area contributed by atoms with Gasteiger partial charge >= 0.3 is 0 Å². The molecule has 2 N–H and O–H groups in total.